The molecule has 2 amide bonds. The second kappa shape index (κ2) is 8.27. The summed E-state index contributed by atoms with van der Waals surface area (Å²) in [7, 11) is 0. The van der Waals surface area contributed by atoms with E-state index in [-0.39, 0.29) is 5.57 Å². The highest BCUT2D eigenvalue weighted by atomic mass is 32.1. The maximum absolute atomic E-state index is 12.7. The SMILES string of the molecule is Cc1ccc(C=C(C(=O)Nc2ccccc2)C(=O)Nc2ccccc2)s1. The van der Waals surface area contributed by atoms with Crippen molar-refractivity contribution in [2.75, 3.05) is 10.6 Å². The van der Waals surface area contributed by atoms with Crippen LogP contribution in [-0.2, 0) is 9.59 Å². The predicted molar refractivity (Wildman–Crippen MR) is 107 cm³/mol. The molecule has 0 saturated carbocycles. The van der Waals surface area contributed by atoms with Crippen LogP contribution in [0.25, 0.3) is 6.08 Å². The number of thiophene rings is 1. The highest BCUT2D eigenvalue weighted by Crippen LogP contribution is 2.20. The van der Waals surface area contributed by atoms with Crippen LogP contribution in [-0.4, -0.2) is 11.8 Å². The molecule has 0 aliphatic rings. The van der Waals surface area contributed by atoms with Gasteiger partial charge in [0.25, 0.3) is 11.8 Å². The van der Waals surface area contributed by atoms with E-state index in [2.05, 4.69) is 10.6 Å². The number of aryl methyl sites for hydroxylation is 1. The monoisotopic (exact) mass is 362 g/mol. The van der Waals surface area contributed by atoms with Gasteiger partial charge in [-0.2, -0.15) is 0 Å². The average molecular weight is 362 g/mol. The molecule has 0 spiro atoms. The number of benzene rings is 2. The van der Waals surface area contributed by atoms with Gasteiger partial charge >= 0.3 is 0 Å². The van der Waals surface area contributed by atoms with Crippen LogP contribution in [0.15, 0.2) is 78.4 Å². The molecule has 0 radical (unpaired) electrons. The van der Waals surface area contributed by atoms with Crippen LogP contribution < -0.4 is 10.6 Å². The Morgan fingerprint density at radius 3 is 1.69 bits per heavy atom. The lowest BCUT2D eigenvalue weighted by Gasteiger charge is -2.10. The number of para-hydroxylation sites is 2. The first-order valence-electron chi connectivity index (χ1n) is 8.13. The zero-order valence-corrected chi connectivity index (χ0v) is 15.0. The van der Waals surface area contributed by atoms with Gasteiger partial charge in [-0.15, -0.1) is 11.3 Å². The zero-order valence-electron chi connectivity index (χ0n) is 14.2. The Labute approximate surface area is 156 Å². The number of carbonyl (C=O) groups excluding carboxylic acids is 2. The molecule has 0 aliphatic heterocycles. The minimum absolute atomic E-state index is 0.0551. The van der Waals surface area contributed by atoms with Crippen LogP contribution in [0.3, 0.4) is 0 Å². The molecule has 2 aromatic carbocycles. The molecule has 1 heterocycles. The molecule has 0 unspecified atom stereocenters. The third-order valence-corrected chi connectivity index (χ3v) is 4.55. The summed E-state index contributed by atoms with van der Waals surface area (Å²) in [6.45, 7) is 1.98. The van der Waals surface area contributed by atoms with E-state index in [4.69, 9.17) is 0 Å². The van der Waals surface area contributed by atoms with Crippen molar-refractivity contribution in [2.45, 2.75) is 6.92 Å². The molecule has 0 bridgehead atoms. The maximum Gasteiger partial charge on any atom is 0.261 e. The third kappa shape index (κ3) is 4.68. The second-order valence-electron chi connectivity index (χ2n) is 5.65. The van der Waals surface area contributed by atoms with E-state index < -0.39 is 11.8 Å². The van der Waals surface area contributed by atoms with E-state index in [0.29, 0.717) is 11.4 Å². The molecule has 4 nitrogen and oxygen atoms in total. The molecule has 1 aromatic heterocycles. The van der Waals surface area contributed by atoms with Crippen molar-refractivity contribution in [3.8, 4) is 0 Å². The van der Waals surface area contributed by atoms with E-state index in [9.17, 15) is 9.59 Å². The van der Waals surface area contributed by atoms with Gasteiger partial charge in [0, 0.05) is 21.1 Å². The molecule has 2 N–H and O–H groups in total. The van der Waals surface area contributed by atoms with Crippen molar-refractivity contribution in [2.24, 2.45) is 0 Å². The van der Waals surface area contributed by atoms with Crippen molar-refractivity contribution in [3.05, 3.63) is 88.1 Å². The number of hydrogen-bond acceptors (Lipinski definition) is 3. The Bertz CT molecular complexity index is 875. The lowest BCUT2D eigenvalue weighted by atomic mass is 10.1. The minimum Gasteiger partial charge on any atom is -0.322 e. The van der Waals surface area contributed by atoms with Gasteiger partial charge in [0.1, 0.15) is 5.57 Å². The summed E-state index contributed by atoms with van der Waals surface area (Å²) in [4.78, 5) is 27.4. The number of amides is 2. The number of anilines is 2. The van der Waals surface area contributed by atoms with Gasteiger partial charge in [-0.3, -0.25) is 9.59 Å². The first-order chi connectivity index (χ1) is 12.6. The van der Waals surface area contributed by atoms with Gasteiger partial charge in [0.15, 0.2) is 0 Å². The summed E-state index contributed by atoms with van der Waals surface area (Å²) < 4.78 is 0. The fourth-order valence-electron chi connectivity index (χ4n) is 2.35. The summed E-state index contributed by atoms with van der Waals surface area (Å²) in [5.41, 5.74) is 1.33. The van der Waals surface area contributed by atoms with Crippen LogP contribution >= 0.6 is 11.3 Å². The average Bonchev–Trinajstić information content (AvgIpc) is 3.06. The zero-order chi connectivity index (χ0) is 18.4. The molecule has 0 saturated heterocycles. The van der Waals surface area contributed by atoms with Crippen molar-refractivity contribution >= 4 is 40.6 Å². The van der Waals surface area contributed by atoms with E-state index >= 15 is 0 Å². The smallest absolute Gasteiger partial charge is 0.261 e. The molecule has 3 rings (SSSR count). The van der Waals surface area contributed by atoms with Crippen LogP contribution in [0, 0.1) is 6.92 Å². The second-order valence-corrected chi connectivity index (χ2v) is 6.97. The van der Waals surface area contributed by atoms with Crippen LogP contribution in [0.1, 0.15) is 9.75 Å². The van der Waals surface area contributed by atoms with Gasteiger partial charge in [-0.05, 0) is 49.4 Å². The van der Waals surface area contributed by atoms with Gasteiger partial charge in [0.05, 0.1) is 0 Å². The van der Waals surface area contributed by atoms with Crippen molar-refractivity contribution in [1.29, 1.82) is 0 Å². The van der Waals surface area contributed by atoms with E-state index in [1.807, 2.05) is 55.5 Å². The Morgan fingerprint density at radius 1 is 0.769 bits per heavy atom. The lowest BCUT2D eigenvalue weighted by molar-refractivity contribution is -0.118. The Hall–Kier alpha value is -3.18. The number of nitrogens with one attached hydrogen (secondary N) is 2. The molecule has 26 heavy (non-hydrogen) atoms. The molecular formula is C21H18N2O2S. The third-order valence-electron chi connectivity index (χ3n) is 3.60. The normalized spacial score (nSPS) is 10.0. The number of carbonyl (C=O) groups is 2. The summed E-state index contributed by atoms with van der Waals surface area (Å²) in [6, 6.07) is 22.0. The quantitative estimate of drug-likeness (QED) is 0.392. The molecule has 5 heteroatoms. The summed E-state index contributed by atoms with van der Waals surface area (Å²) in [5.74, 6) is -0.897. The van der Waals surface area contributed by atoms with Gasteiger partial charge in [-0.1, -0.05) is 36.4 Å². The molecular weight excluding hydrogens is 344 g/mol. The van der Waals surface area contributed by atoms with E-state index in [1.165, 1.54) is 11.3 Å². The van der Waals surface area contributed by atoms with Gasteiger partial charge < -0.3 is 10.6 Å². The van der Waals surface area contributed by atoms with Crippen molar-refractivity contribution in [3.63, 3.8) is 0 Å². The van der Waals surface area contributed by atoms with Crippen molar-refractivity contribution < 1.29 is 9.59 Å². The molecule has 0 aliphatic carbocycles. The first-order valence-corrected chi connectivity index (χ1v) is 8.94. The Kier molecular flexibility index (Phi) is 5.61. The van der Waals surface area contributed by atoms with E-state index in [0.717, 1.165) is 9.75 Å². The van der Waals surface area contributed by atoms with Crippen LogP contribution in [0.2, 0.25) is 0 Å². The van der Waals surface area contributed by atoms with Crippen LogP contribution in [0.4, 0.5) is 11.4 Å². The van der Waals surface area contributed by atoms with Crippen molar-refractivity contribution in [1.82, 2.24) is 0 Å². The fourth-order valence-corrected chi connectivity index (χ4v) is 3.17. The molecule has 130 valence electrons. The van der Waals surface area contributed by atoms with Gasteiger partial charge in [0.2, 0.25) is 0 Å². The highest BCUT2D eigenvalue weighted by Gasteiger charge is 2.19. The Balaban J connectivity index is 1.87. The Morgan fingerprint density at radius 2 is 1.27 bits per heavy atom. The molecule has 0 atom stereocenters. The predicted octanol–water partition coefficient (Wildman–Crippen LogP) is 4.72. The molecule has 3 aromatic rings. The largest absolute Gasteiger partial charge is 0.322 e. The summed E-state index contributed by atoms with van der Waals surface area (Å²) >= 11 is 1.53. The standard InChI is InChI=1S/C21H18N2O2S/c1-15-12-13-18(26-15)14-19(20(24)22-16-8-4-2-5-9-16)21(25)23-17-10-6-3-7-11-17/h2-14H,1H3,(H,22,24)(H,23,25). The van der Waals surface area contributed by atoms with Gasteiger partial charge in [-0.25, -0.2) is 0 Å². The van der Waals surface area contributed by atoms with Crippen LogP contribution in [0.5, 0.6) is 0 Å². The number of hydrogen-bond donors (Lipinski definition) is 2. The number of rotatable bonds is 5. The van der Waals surface area contributed by atoms with E-state index in [1.54, 1.807) is 30.3 Å². The fraction of sp³-hybridized carbons (Fsp3) is 0.0476. The summed E-state index contributed by atoms with van der Waals surface area (Å²) in [6.07, 6.45) is 1.62. The highest BCUT2D eigenvalue weighted by molar-refractivity contribution is 7.12. The lowest BCUT2D eigenvalue weighted by Crippen LogP contribution is -2.25. The molecule has 0 fully saturated rings. The first kappa shape index (κ1) is 17.6. The summed E-state index contributed by atoms with van der Waals surface area (Å²) in [5, 5.41) is 5.54. The maximum atomic E-state index is 12.7. The minimum atomic E-state index is -0.448. The topological polar surface area (TPSA) is 58.2 Å².